The quantitative estimate of drug-likeness (QED) is 0.815. The second-order valence-corrected chi connectivity index (χ2v) is 4.96. The zero-order chi connectivity index (χ0) is 13.4. The molecular weight excluding hydrogens is 236 g/mol. The average Bonchev–Trinajstić information content (AvgIpc) is 2.71. The van der Waals surface area contributed by atoms with Gasteiger partial charge in [0.2, 0.25) is 0 Å². The Kier molecular flexibility index (Phi) is 2.86. The van der Waals surface area contributed by atoms with Crippen molar-refractivity contribution in [3.8, 4) is 5.75 Å². The molecule has 2 aromatic carbocycles. The molecule has 0 saturated heterocycles. The van der Waals surface area contributed by atoms with Gasteiger partial charge in [-0.05, 0) is 11.6 Å². The van der Waals surface area contributed by atoms with Gasteiger partial charge in [-0.1, -0.05) is 49.4 Å². The average molecular weight is 252 g/mol. The Bertz CT molecular complexity index is 631. The molecule has 2 atom stereocenters. The van der Waals surface area contributed by atoms with E-state index in [1.54, 1.807) is 7.11 Å². The van der Waals surface area contributed by atoms with Crippen molar-refractivity contribution in [1.29, 1.82) is 0 Å². The van der Waals surface area contributed by atoms with Crippen LogP contribution in [0.5, 0.6) is 5.75 Å². The molecule has 1 aliphatic carbocycles. The van der Waals surface area contributed by atoms with Crippen molar-refractivity contribution in [2.75, 3.05) is 7.11 Å². The third-order valence-corrected chi connectivity index (χ3v) is 3.95. The lowest BCUT2D eigenvalue weighted by molar-refractivity contribution is 0.0939. The van der Waals surface area contributed by atoms with Gasteiger partial charge in [0.15, 0.2) is 5.78 Å². The molecule has 0 saturated carbocycles. The second kappa shape index (κ2) is 4.54. The highest BCUT2D eigenvalue weighted by Gasteiger charge is 2.38. The fraction of sp³-hybridized carbons (Fsp3) is 0.235. The van der Waals surface area contributed by atoms with Crippen molar-refractivity contribution in [2.45, 2.75) is 12.8 Å². The van der Waals surface area contributed by atoms with Crippen molar-refractivity contribution in [1.82, 2.24) is 0 Å². The molecular formula is C17H16O2. The molecule has 0 amide bonds. The third kappa shape index (κ3) is 1.75. The lowest BCUT2D eigenvalue weighted by Gasteiger charge is -2.19. The van der Waals surface area contributed by atoms with Gasteiger partial charge in [-0.3, -0.25) is 4.79 Å². The van der Waals surface area contributed by atoms with E-state index in [1.807, 2.05) is 49.4 Å². The first-order valence-corrected chi connectivity index (χ1v) is 6.50. The molecule has 2 heteroatoms. The van der Waals surface area contributed by atoms with E-state index in [-0.39, 0.29) is 17.6 Å². The molecule has 0 N–H and O–H groups in total. The Morgan fingerprint density at radius 3 is 2.32 bits per heavy atom. The molecule has 0 heterocycles. The Hall–Kier alpha value is -2.09. The summed E-state index contributed by atoms with van der Waals surface area (Å²) in [6.07, 6.45) is 0. The predicted octanol–water partition coefficient (Wildman–Crippen LogP) is 3.66. The van der Waals surface area contributed by atoms with E-state index in [4.69, 9.17) is 4.74 Å². The molecule has 0 aromatic heterocycles. The van der Waals surface area contributed by atoms with Crippen LogP contribution >= 0.6 is 0 Å². The summed E-state index contributed by atoms with van der Waals surface area (Å²) in [6.45, 7) is 2.00. The van der Waals surface area contributed by atoms with Crippen LogP contribution in [0.15, 0.2) is 48.5 Å². The van der Waals surface area contributed by atoms with Crippen LogP contribution in [-0.4, -0.2) is 12.9 Å². The molecule has 0 spiro atoms. The van der Waals surface area contributed by atoms with E-state index < -0.39 is 0 Å². The van der Waals surface area contributed by atoms with Crippen LogP contribution in [0.1, 0.15) is 34.3 Å². The van der Waals surface area contributed by atoms with E-state index in [0.717, 1.165) is 22.4 Å². The summed E-state index contributed by atoms with van der Waals surface area (Å²) in [5, 5.41) is 0. The summed E-state index contributed by atoms with van der Waals surface area (Å²) in [4.78, 5) is 12.3. The molecule has 3 rings (SSSR count). The van der Waals surface area contributed by atoms with Crippen molar-refractivity contribution in [3.05, 3.63) is 65.2 Å². The smallest absolute Gasteiger partial charge is 0.166 e. The monoisotopic (exact) mass is 252 g/mol. The highest BCUT2D eigenvalue weighted by Crippen LogP contribution is 2.44. The summed E-state index contributed by atoms with van der Waals surface area (Å²) >= 11 is 0. The number of ketones is 1. The number of fused-ring (bicyclic) bond motifs is 1. The number of carbonyl (C=O) groups excluding carboxylic acids is 1. The van der Waals surface area contributed by atoms with Gasteiger partial charge < -0.3 is 4.74 Å². The zero-order valence-electron chi connectivity index (χ0n) is 11.1. The number of benzene rings is 2. The van der Waals surface area contributed by atoms with Crippen molar-refractivity contribution >= 4 is 5.78 Å². The van der Waals surface area contributed by atoms with E-state index in [9.17, 15) is 4.79 Å². The Labute approximate surface area is 113 Å². The molecule has 1 aliphatic rings. The molecule has 0 aliphatic heterocycles. The molecule has 0 bridgehead atoms. The summed E-state index contributed by atoms with van der Waals surface area (Å²) in [7, 11) is 1.67. The van der Waals surface area contributed by atoms with Gasteiger partial charge in [-0.15, -0.1) is 0 Å². The van der Waals surface area contributed by atoms with E-state index in [2.05, 4.69) is 6.07 Å². The highest BCUT2D eigenvalue weighted by molar-refractivity contribution is 6.03. The van der Waals surface area contributed by atoms with Crippen molar-refractivity contribution in [2.24, 2.45) is 5.92 Å². The largest absolute Gasteiger partial charge is 0.496 e. The fourth-order valence-corrected chi connectivity index (χ4v) is 3.02. The van der Waals surface area contributed by atoms with Gasteiger partial charge in [-0.25, -0.2) is 0 Å². The number of hydrogen-bond acceptors (Lipinski definition) is 2. The highest BCUT2D eigenvalue weighted by atomic mass is 16.5. The second-order valence-electron chi connectivity index (χ2n) is 4.96. The van der Waals surface area contributed by atoms with Gasteiger partial charge in [-0.2, -0.15) is 0 Å². The third-order valence-electron chi connectivity index (χ3n) is 3.95. The molecule has 19 heavy (non-hydrogen) atoms. The van der Waals surface area contributed by atoms with Crippen LogP contribution in [0, 0.1) is 5.92 Å². The standard InChI is InChI=1S/C17H16O2/c1-11-16(14-9-5-6-10-15(14)19-2)12-7-3-4-8-13(12)17(11)18/h3-11,16H,1-2H3/t11-,16-/m1/s1. The lowest BCUT2D eigenvalue weighted by atomic mass is 9.86. The van der Waals surface area contributed by atoms with Crippen LogP contribution in [0.4, 0.5) is 0 Å². The maximum absolute atomic E-state index is 12.3. The van der Waals surface area contributed by atoms with E-state index >= 15 is 0 Å². The number of ether oxygens (including phenoxy) is 1. The summed E-state index contributed by atoms with van der Waals surface area (Å²) in [6, 6.07) is 15.8. The summed E-state index contributed by atoms with van der Waals surface area (Å²) in [5.74, 6) is 1.14. The van der Waals surface area contributed by atoms with Crippen LogP contribution < -0.4 is 4.74 Å². The van der Waals surface area contributed by atoms with E-state index in [0.29, 0.717) is 0 Å². The van der Waals surface area contributed by atoms with Crippen LogP contribution in [0.3, 0.4) is 0 Å². The number of Topliss-reactive ketones (excluding diaryl/α,β-unsaturated/α-hetero) is 1. The van der Waals surface area contributed by atoms with Gasteiger partial charge in [0, 0.05) is 23.0 Å². The van der Waals surface area contributed by atoms with Gasteiger partial charge in [0.25, 0.3) is 0 Å². The maximum Gasteiger partial charge on any atom is 0.166 e. The molecule has 2 nitrogen and oxygen atoms in total. The Morgan fingerprint density at radius 2 is 1.58 bits per heavy atom. The molecule has 96 valence electrons. The summed E-state index contributed by atoms with van der Waals surface area (Å²) in [5.41, 5.74) is 3.06. The SMILES string of the molecule is COc1ccccc1[C@H]1c2ccccc2C(=O)[C@@H]1C. The Balaban J connectivity index is 2.18. The van der Waals surface area contributed by atoms with Gasteiger partial charge >= 0.3 is 0 Å². The zero-order valence-corrected chi connectivity index (χ0v) is 11.1. The van der Waals surface area contributed by atoms with Gasteiger partial charge in [0.1, 0.15) is 5.75 Å². The van der Waals surface area contributed by atoms with Crippen molar-refractivity contribution < 1.29 is 9.53 Å². The predicted molar refractivity (Wildman–Crippen MR) is 74.8 cm³/mol. The maximum atomic E-state index is 12.3. The van der Waals surface area contributed by atoms with Crippen LogP contribution in [-0.2, 0) is 0 Å². The first-order chi connectivity index (χ1) is 9.24. The number of para-hydroxylation sites is 1. The van der Waals surface area contributed by atoms with Crippen molar-refractivity contribution in [3.63, 3.8) is 0 Å². The molecule has 0 fully saturated rings. The normalized spacial score (nSPS) is 21.3. The summed E-state index contributed by atoms with van der Waals surface area (Å²) < 4.78 is 5.45. The minimum atomic E-state index is -0.0336. The number of methoxy groups -OCH3 is 1. The first-order valence-electron chi connectivity index (χ1n) is 6.50. The first kappa shape index (κ1) is 12.0. The van der Waals surface area contributed by atoms with Crippen LogP contribution in [0.25, 0.3) is 0 Å². The molecule has 2 aromatic rings. The lowest BCUT2D eigenvalue weighted by Crippen LogP contribution is -2.11. The minimum Gasteiger partial charge on any atom is -0.496 e. The van der Waals surface area contributed by atoms with Crippen LogP contribution in [0.2, 0.25) is 0 Å². The Morgan fingerprint density at radius 1 is 0.947 bits per heavy atom. The number of hydrogen-bond donors (Lipinski definition) is 0. The topological polar surface area (TPSA) is 26.3 Å². The molecule has 0 unspecified atom stereocenters. The fourth-order valence-electron chi connectivity index (χ4n) is 3.02. The van der Waals surface area contributed by atoms with E-state index in [1.165, 1.54) is 0 Å². The van der Waals surface area contributed by atoms with Gasteiger partial charge in [0.05, 0.1) is 7.11 Å². The molecule has 0 radical (unpaired) electrons. The minimum absolute atomic E-state index is 0.0336. The number of carbonyl (C=O) groups is 1. The number of rotatable bonds is 2.